The zero-order valence-corrected chi connectivity index (χ0v) is 8.91. The Labute approximate surface area is 88.1 Å². The van der Waals surface area contributed by atoms with Gasteiger partial charge in [-0.3, -0.25) is 9.59 Å². The monoisotopic (exact) mass is 209 g/mol. The maximum Gasteiger partial charge on any atom is 0.267 e. The van der Waals surface area contributed by atoms with Crippen molar-refractivity contribution in [3.8, 4) is 0 Å². The van der Waals surface area contributed by atoms with E-state index in [-0.39, 0.29) is 11.5 Å². The van der Waals surface area contributed by atoms with E-state index in [0.29, 0.717) is 12.2 Å². The first-order chi connectivity index (χ1) is 7.09. The molecule has 5 heteroatoms. The van der Waals surface area contributed by atoms with E-state index in [9.17, 15) is 9.59 Å². The molecule has 1 rings (SSSR count). The number of nitrogens with one attached hydrogen (secondary N) is 2. The number of rotatable bonds is 4. The van der Waals surface area contributed by atoms with Crippen molar-refractivity contribution < 1.29 is 4.79 Å². The Morgan fingerprint density at radius 2 is 2.20 bits per heavy atom. The van der Waals surface area contributed by atoms with Crippen LogP contribution in [0.3, 0.4) is 0 Å². The molecule has 0 bridgehead atoms. The predicted octanol–water partition coefficient (Wildman–Crippen LogP) is -0.334. The number of likely N-dealkylation sites (N-methyl/N-ethyl adjacent to an activating group) is 1. The fourth-order valence-electron chi connectivity index (χ4n) is 1.07. The minimum atomic E-state index is -0.268. The number of nitrogens with zero attached hydrogens (tertiary/aromatic N) is 1. The van der Waals surface area contributed by atoms with Gasteiger partial charge in [0.25, 0.3) is 5.91 Å². The van der Waals surface area contributed by atoms with Gasteiger partial charge in [0.2, 0.25) is 5.56 Å². The maximum atomic E-state index is 11.5. The number of aromatic nitrogens is 1. The molecule has 15 heavy (non-hydrogen) atoms. The van der Waals surface area contributed by atoms with Crippen molar-refractivity contribution in [1.82, 2.24) is 15.2 Å². The lowest BCUT2D eigenvalue weighted by atomic mass is 10.3. The van der Waals surface area contributed by atoms with Crippen LogP contribution in [0.2, 0.25) is 0 Å². The van der Waals surface area contributed by atoms with E-state index in [1.165, 1.54) is 6.07 Å². The maximum absolute atomic E-state index is 11.5. The Kier molecular flexibility index (Phi) is 4.05. The van der Waals surface area contributed by atoms with Gasteiger partial charge in [-0.05, 0) is 20.2 Å². The zero-order chi connectivity index (χ0) is 11.3. The number of carbonyl (C=O) groups excluding carboxylic acids is 1. The number of hydrogen-bond donors (Lipinski definition) is 2. The van der Waals surface area contributed by atoms with Gasteiger partial charge in [0.15, 0.2) is 0 Å². The zero-order valence-electron chi connectivity index (χ0n) is 8.91. The van der Waals surface area contributed by atoms with E-state index in [2.05, 4.69) is 10.3 Å². The number of aromatic amines is 1. The lowest BCUT2D eigenvalue weighted by molar-refractivity contribution is 0.0946. The molecule has 0 saturated heterocycles. The summed E-state index contributed by atoms with van der Waals surface area (Å²) in [5.74, 6) is -0.255. The second-order valence-electron chi connectivity index (χ2n) is 3.49. The summed E-state index contributed by atoms with van der Waals surface area (Å²) >= 11 is 0. The van der Waals surface area contributed by atoms with Crippen LogP contribution in [0.15, 0.2) is 23.0 Å². The van der Waals surface area contributed by atoms with Crippen molar-refractivity contribution in [2.24, 2.45) is 0 Å². The molecule has 0 fully saturated rings. The summed E-state index contributed by atoms with van der Waals surface area (Å²) in [6.07, 6.45) is 0. The van der Waals surface area contributed by atoms with E-state index >= 15 is 0 Å². The molecule has 0 unspecified atom stereocenters. The van der Waals surface area contributed by atoms with Crippen LogP contribution in [0.1, 0.15) is 10.5 Å². The van der Waals surface area contributed by atoms with Crippen molar-refractivity contribution in [3.63, 3.8) is 0 Å². The molecule has 0 saturated carbocycles. The third-order valence-corrected chi connectivity index (χ3v) is 1.86. The van der Waals surface area contributed by atoms with Gasteiger partial charge in [0, 0.05) is 19.2 Å². The number of pyridine rings is 1. The molecule has 1 amide bonds. The summed E-state index contributed by atoms with van der Waals surface area (Å²) in [4.78, 5) is 26.8. The molecule has 0 aliphatic heterocycles. The molecule has 1 aromatic heterocycles. The summed E-state index contributed by atoms with van der Waals surface area (Å²) in [6, 6.07) is 4.50. The second-order valence-corrected chi connectivity index (χ2v) is 3.49. The molecule has 82 valence electrons. The molecule has 5 nitrogen and oxygen atoms in total. The molecule has 0 aliphatic carbocycles. The molecule has 0 aliphatic rings. The summed E-state index contributed by atoms with van der Waals surface area (Å²) in [6.45, 7) is 1.32. The standard InChI is InChI=1S/C10H15N3O2/c1-13(2)7-6-11-10(15)8-4-3-5-9(14)12-8/h3-5H,6-7H2,1-2H3,(H,11,15)(H,12,14). The Balaban J connectivity index is 2.51. The minimum Gasteiger partial charge on any atom is -0.349 e. The molecular weight excluding hydrogens is 194 g/mol. The Bertz CT molecular complexity index is 384. The van der Waals surface area contributed by atoms with Gasteiger partial charge in [0.1, 0.15) is 5.69 Å². The van der Waals surface area contributed by atoms with Crippen LogP contribution in [0.4, 0.5) is 0 Å². The first kappa shape index (κ1) is 11.5. The van der Waals surface area contributed by atoms with Crippen molar-refractivity contribution in [2.75, 3.05) is 27.2 Å². The summed E-state index contributed by atoms with van der Waals surface area (Å²) in [5, 5.41) is 2.71. The summed E-state index contributed by atoms with van der Waals surface area (Å²) in [7, 11) is 3.85. The Morgan fingerprint density at radius 1 is 1.47 bits per heavy atom. The van der Waals surface area contributed by atoms with Gasteiger partial charge in [-0.25, -0.2) is 0 Å². The normalized spacial score (nSPS) is 10.3. The third kappa shape index (κ3) is 3.95. The van der Waals surface area contributed by atoms with Crippen molar-refractivity contribution in [2.45, 2.75) is 0 Å². The highest BCUT2D eigenvalue weighted by Gasteiger charge is 2.04. The molecular formula is C10H15N3O2. The van der Waals surface area contributed by atoms with E-state index in [1.54, 1.807) is 12.1 Å². The summed E-state index contributed by atoms with van der Waals surface area (Å²) in [5.41, 5.74) is 0.0246. The number of hydrogen-bond acceptors (Lipinski definition) is 3. The Morgan fingerprint density at radius 3 is 2.80 bits per heavy atom. The third-order valence-electron chi connectivity index (χ3n) is 1.86. The van der Waals surface area contributed by atoms with Crippen LogP contribution < -0.4 is 10.9 Å². The first-order valence-electron chi connectivity index (χ1n) is 4.72. The highest BCUT2D eigenvalue weighted by atomic mass is 16.2. The fourth-order valence-corrected chi connectivity index (χ4v) is 1.07. The quantitative estimate of drug-likeness (QED) is 0.713. The van der Waals surface area contributed by atoms with Crippen LogP contribution in [-0.4, -0.2) is 43.0 Å². The first-order valence-corrected chi connectivity index (χ1v) is 4.72. The fraction of sp³-hybridized carbons (Fsp3) is 0.400. The van der Waals surface area contributed by atoms with Gasteiger partial charge in [-0.2, -0.15) is 0 Å². The molecule has 2 N–H and O–H groups in total. The van der Waals surface area contributed by atoms with E-state index in [4.69, 9.17) is 0 Å². The van der Waals surface area contributed by atoms with E-state index in [0.717, 1.165) is 6.54 Å². The highest BCUT2D eigenvalue weighted by molar-refractivity contribution is 5.92. The molecule has 0 spiro atoms. The lowest BCUT2D eigenvalue weighted by Gasteiger charge is -2.09. The van der Waals surface area contributed by atoms with Crippen LogP contribution in [-0.2, 0) is 0 Å². The van der Waals surface area contributed by atoms with Crippen LogP contribution in [0.5, 0.6) is 0 Å². The van der Waals surface area contributed by atoms with Crippen molar-refractivity contribution in [3.05, 3.63) is 34.2 Å². The Hall–Kier alpha value is -1.62. The van der Waals surface area contributed by atoms with E-state index < -0.39 is 0 Å². The average molecular weight is 209 g/mol. The van der Waals surface area contributed by atoms with Crippen LogP contribution in [0, 0.1) is 0 Å². The minimum absolute atomic E-state index is 0.255. The van der Waals surface area contributed by atoms with Gasteiger partial charge >= 0.3 is 0 Å². The predicted molar refractivity (Wildman–Crippen MR) is 57.9 cm³/mol. The molecule has 0 radical (unpaired) electrons. The van der Waals surface area contributed by atoms with Crippen LogP contribution in [0.25, 0.3) is 0 Å². The smallest absolute Gasteiger partial charge is 0.267 e. The van der Waals surface area contributed by atoms with E-state index in [1.807, 2.05) is 19.0 Å². The summed E-state index contributed by atoms with van der Waals surface area (Å²) < 4.78 is 0. The van der Waals surface area contributed by atoms with Gasteiger partial charge in [0.05, 0.1) is 0 Å². The SMILES string of the molecule is CN(C)CCNC(=O)c1cccc(=O)[nH]1. The highest BCUT2D eigenvalue weighted by Crippen LogP contribution is 1.89. The molecule has 1 aromatic rings. The average Bonchev–Trinajstić information content (AvgIpc) is 2.17. The van der Waals surface area contributed by atoms with Crippen molar-refractivity contribution >= 4 is 5.91 Å². The van der Waals surface area contributed by atoms with Gasteiger partial charge in [-0.15, -0.1) is 0 Å². The topological polar surface area (TPSA) is 65.2 Å². The van der Waals surface area contributed by atoms with Gasteiger partial charge < -0.3 is 15.2 Å². The largest absolute Gasteiger partial charge is 0.349 e. The number of carbonyl (C=O) groups is 1. The lowest BCUT2D eigenvalue weighted by Crippen LogP contribution is -2.32. The van der Waals surface area contributed by atoms with Gasteiger partial charge in [-0.1, -0.05) is 6.07 Å². The van der Waals surface area contributed by atoms with Crippen LogP contribution >= 0.6 is 0 Å². The molecule has 0 aromatic carbocycles. The van der Waals surface area contributed by atoms with Crippen molar-refractivity contribution in [1.29, 1.82) is 0 Å². The number of H-pyrrole nitrogens is 1. The molecule has 0 atom stereocenters. The second kappa shape index (κ2) is 5.31. The molecule has 1 heterocycles. The number of amides is 1.